The second kappa shape index (κ2) is 5.29. The first-order chi connectivity index (χ1) is 7.04. The minimum absolute atomic E-state index is 0.740. The van der Waals surface area contributed by atoms with Crippen molar-refractivity contribution in [2.45, 2.75) is 38.7 Å². The molecule has 0 aliphatic rings. The number of benzene rings is 1. The van der Waals surface area contributed by atoms with Crippen LogP contribution in [0.2, 0.25) is 0 Å². The molecule has 3 N–H and O–H groups in total. The molecule has 0 fully saturated rings. The van der Waals surface area contributed by atoms with E-state index < -0.39 is 5.60 Å². The second-order valence-electron chi connectivity index (χ2n) is 4.50. The fraction of sp³-hybridized carbons (Fsp3) is 0.538. The largest absolute Gasteiger partial charge is 0.386 e. The number of nitrogens with two attached hydrogens (primary N) is 1. The van der Waals surface area contributed by atoms with Crippen LogP contribution in [0.15, 0.2) is 24.3 Å². The van der Waals surface area contributed by atoms with Gasteiger partial charge in [0.25, 0.3) is 0 Å². The average Bonchev–Trinajstić information content (AvgIpc) is 2.18. The lowest BCUT2D eigenvalue weighted by molar-refractivity contribution is 0.0786. The first-order valence-electron chi connectivity index (χ1n) is 5.56. The van der Waals surface area contributed by atoms with Crippen LogP contribution in [-0.4, -0.2) is 11.7 Å². The van der Waals surface area contributed by atoms with E-state index in [1.807, 2.05) is 12.1 Å². The molecule has 0 radical (unpaired) electrons. The molecule has 1 aromatic carbocycles. The van der Waals surface area contributed by atoms with Gasteiger partial charge >= 0.3 is 0 Å². The molecule has 0 atom stereocenters. The van der Waals surface area contributed by atoms with Crippen LogP contribution in [0, 0.1) is 0 Å². The summed E-state index contributed by atoms with van der Waals surface area (Å²) in [7, 11) is 0. The van der Waals surface area contributed by atoms with Crippen LogP contribution in [0.5, 0.6) is 0 Å². The molecule has 2 heteroatoms. The molecule has 0 aliphatic carbocycles. The topological polar surface area (TPSA) is 46.2 Å². The molecule has 0 saturated carbocycles. The van der Waals surface area contributed by atoms with E-state index >= 15 is 0 Å². The van der Waals surface area contributed by atoms with Gasteiger partial charge in [-0.2, -0.15) is 0 Å². The number of aliphatic hydroxyl groups is 1. The van der Waals surface area contributed by atoms with Gasteiger partial charge in [0.2, 0.25) is 0 Å². The monoisotopic (exact) mass is 207 g/mol. The van der Waals surface area contributed by atoms with Crippen LogP contribution in [0.4, 0.5) is 0 Å². The van der Waals surface area contributed by atoms with E-state index in [-0.39, 0.29) is 0 Å². The number of aryl methyl sites for hydroxylation is 1. The maximum Gasteiger partial charge on any atom is 0.0840 e. The molecule has 0 unspecified atom stereocenters. The Morgan fingerprint density at radius 3 is 2.20 bits per heavy atom. The van der Waals surface area contributed by atoms with Crippen LogP contribution in [0.3, 0.4) is 0 Å². The Kier molecular flexibility index (Phi) is 4.30. The molecule has 0 saturated heterocycles. The van der Waals surface area contributed by atoms with Crippen molar-refractivity contribution in [3.63, 3.8) is 0 Å². The minimum Gasteiger partial charge on any atom is -0.386 e. The Hall–Kier alpha value is -0.860. The Morgan fingerprint density at radius 1 is 1.13 bits per heavy atom. The lowest BCUT2D eigenvalue weighted by Crippen LogP contribution is -2.15. The van der Waals surface area contributed by atoms with Crippen LogP contribution < -0.4 is 5.73 Å². The normalized spacial score (nSPS) is 11.7. The maximum absolute atomic E-state index is 9.78. The zero-order chi connectivity index (χ0) is 11.3. The predicted molar refractivity (Wildman–Crippen MR) is 63.7 cm³/mol. The number of unbranched alkanes of at least 4 members (excludes halogenated alkanes) is 1. The molecule has 0 heterocycles. The zero-order valence-electron chi connectivity index (χ0n) is 9.66. The van der Waals surface area contributed by atoms with Crippen LogP contribution in [0.1, 0.15) is 37.8 Å². The van der Waals surface area contributed by atoms with Gasteiger partial charge in [0.1, 0.15) is 0 Å². The summed E-state index contributed by atoms with van der Waals surface area (Å²) in [5, 5.41) is 9.78. The molecule has 1 rings (SSSR count). The smallest absolute Gasteiger partial charge is 0.0840 e. The maximum atomic E-state index is 9.78. The lowest BCUT2D eigenvalue weighted by atomic mass is 9.96. The first kappa shape index (κ1) is 12.2. The van der Waals surface area contributed by atoms with Crippen LogP contribution in [0.25, 0.3) is 0 Å². The number of hydrogen-bond acceptors (Lipinski definition) is 2. The van der Waals surface area contributed by atoms with Gasteiger partial charge < -0.3 is 10.8 Å². The van der Waals surface area contributed by atoms with Crippen molar-refractivity contribution >= 4 is 0 Å². The quantitative estimate of drug-likeness (QED) is 0.727. The van der Waals surface area contributed by atoms with Gasteiger partial charge in [-0.1, -0.05) is 24.3 Å². The summed E-state index contributed by atoms with van der Waals surface area (Å²) < 4.78 is 0. The summed E-state index contributed by atoms with van der Waals surface area (Å²) in [5.74, 6) is 0. The summed E-state index contributed by atoms with van der Waals surface area (Å²) in [4.78, 5) is 0. The third-order valence-electron chi connectivity index (χ3n) is 2.58. The van der Waals surface area contributed by atoms with E-state index in [0.717, 1.165) is 31.4 Å². The third-order valence-corrected chi connectivity index (χ3v) is 2.58. The van der Waals surface area contributed by atoms with Gasteiger partial charge in [-0.3, -0.25) is 0 Å². The molecular formula is C13H21NO. The highest BCUT2D eigenvalue weighted by Crippen LogP contribution is 2.20. The fourth-order valence-electron chi connectivity index (χ4n) is 1.55. The highest BCUT2D eigenvalue weighted by atomic mass is 16.3. The summed E-state index contributed by atoms with van der Waals surface area (Å²) >= 11 is 0. The van der Waals surface area contributed by atoms with Crippen molar-refractivity contribution in [2.24, 2.45) is 5.73 Å². The van der Waals surface area contributed by atoms with E-state index in [0.29, 0.717) is 0 Å². The van der Waals surface area contributed by atoms with Crippen molar-refractivity contribution < 1.29 is 5.11 Å². The molecule has 2 nitrogen and oxygen atoms in total. The summed E-state index contributed by atoms with van der Waals surface area (Å²) in [6.45, 7) is 4.37. The number of hydrogen-bond donors (Lipinski definition) is 2. The molecule has 15 heavy (non-hydrogen) atoms. The summed E-state index contributed by atoms with van der Waals surface area (Å²) in [5.41, 5.74) is 6.98. The Balaban J connectivity index is 2.57. The van der Waals surface area contributed by atoms with E-state index in [1.54, 1.807) is 13.8 Å². The lowest BCUT2D eigenvalue weighted by Gasteiger charge is -2.17. The van der Waals surface area contributed by atoms with Crippen LogP contribution in [-0.2, 0) is 12.0 Å². The summed E-state index contributed by atoms with van der Waals surface area (Å²) in [6.07, 6.45) is 3.29. The summed E-state index contributed by atoms with van der Waals surface area (Å²) in [6, 6.07) is 8.17. The van der Waals surface area contributed by atoms with E-state index in [2.05, 4.69) is 12.1 Å². The average molecular weight is 207 g/mol. The molecule has 0 spiro atoms. The first-order valence-corrected chi connectivity index (χ1v) is 5.56. The highest BCUT2D eigenvalue weighted by molar-refractivity contribution is 5.26. The van der Waals surface area contributed by atoms with Crippen molar-refractivity contribution in [2.75, 3.05) is 6.54 Å². The van der Waals surface area contributed by atoms with Gasteiger partial charge in [0.05, 0.1) is 5.60 Å². The zero-order valence-corrected chi connectivity index (χ0v) is 9.66. The van der Waals surface area contributed by atoms with Crippen molar-refractivity contribution in [1.82, 2.24) is 0 Å². The van der Waals surface area contributed by atoms with Gasteiger partial charge in [0.15, 0.2) is 0 Å². The highest BCUT2D eigenvalue weighted by Gasteiger charge is 2.14. The number of rotatable bonds is 5. The van der Waals surface area contributed by atoms with E-state index in [1.165, 1.54) is 5.56 Å². The SMILES string of the molecule is CC(C)(O)c1ccc(CCCCN)cc1. The Morgan fingerprint density at radius 2 is 1.73 bits per heavy atom. The third kappa shape index (κ3) is 4.02. The van der Waals surface area contributed by atoms with Gasteiger partial charge in [-0.15, -0.1) is 0 Å². The van der Waals surface area contributed by atoms with Gasteiger partial charge in [-0.25, -0.2) is 0 Å². The van der Waals surface area contributed by atoms with Crippen LogP contribution >= 0.6 is 0 Å². The predicted octanol–water partition coefficient (Wildman–Crippen LogP) is 2.20. The Labute approximate surface area is 92.1 Å². The fourth-order valence-corrected chi connectivity index (χ4v) is 1.55. The molecule has 0 amide bonds. The molecule has 0 bridgehead atoms. The van der Waals surface area contributed by atoms with Gasteiger partial charge in [0, 0.05) is 0 Å². The van der Waals surface area contributed by atoms with Crippen molar-refractivity contribution in [3.05, 3.63) is 35.4 Å². The molecule has 1 aromatic rings. The van der Waals surface area contributed by atoms with E-state index in [9.17, 15) is 5.11 Å². The van der Waals surface area contributed by atoms with E-state index in [4.69, 9.17) is 5.73 Å². The molecule has 0 aliphatic heterocycles. The minimum atomic E-state index is -0.740. The molecule has 0 aromatic heterocycles. The van der Waals surface area contributed by atoms with Crippen molar-refractivity contribution in [1.29, 1.82) is 0 Å². The van der Waals surface area contributed by atoms with Crippen molar-refractivity contribution in [3.8, 4) is 0 Å². The Bertz CT molecular complexity index is 284. The standard InChI is InChI=1S/C13H21NO/c1-13(2,15)12-8-6-11(7-9-12)5-3-4-10-14/h6-9,15H,3-5,10,14H2,1-2H3. The molecular weight excluding hydrogens is 186 g/mol. The van der Waals surface area contributed by atoms with Gasteiger partial charge in [-0.05, 0) is 50.8 Å². The second-order valence-corrected chi connectivity index (χ2v) is 4.50. The molecule has 84 valence electrons.